The van der Waals surface area contributed by atoms with Gasteiger partial charge in [-0.05, 0) is 41.0 Å². The lowest BCUT2D eigenvalue weighted by atomic mass is 10.0. The summed E-state index contributed by atoms with van der Waals surface area (Å²) >= 11 is 0. The van der Waals surface area contributed by atoms with Crippen molar-refractivity contribution >= 4 is 5.97 Å². The number of benzene rings is 2. The van der Waals surface area contributed by atoms with Gasteiger partial charge in [0, 0.05) is 0 Å². The molecule has 0 saturated heterocycles. The molecule has 3 nitrogen and oxygen atoms in total. The van der Waals surface area contributed by atoms with Crippen molar-refractivity contribution in [2.24, 2.45) is 0 Å². The van der Waals surface area contributed by atoms with Crippen LogP contribution in [0.4, 0.5) is 4.39 Å². The number of carbonyl (C=O) groups is 1. The predicted molar refractivity (Wildman–Crippen MR) is 64.8 cm³/mol. The summed E-state index contributed by atoms with van der Waals surface area (Å²) in [5.74, 6) is -1.51. The highest BCUT2D eigenvalue weighted by Gasteiger charge is 2.09. The third kappa shape index (κ3) is 2.66. The van der Waals surface area contributed by atoms with Crippen molar-refractivity contribution in [3.05, 3.63) is 53.8 Å². The molecule has 0 aromatic heterocycles. The van der Waals surface area contributed by atoms with Gasteiger partial charge in [0.25, 0.3) is 0 Å². The first-order valence-electron chi connectivity index (χ1n) is 5.36. The fourth-order valence-electron chi connectivity index (χ4n) is 1.74. The Hall–Kier alpha value is -2.36. The summed E-state index contributed by atoms with van der Waals surface area (Å²) in [6.45, 7) is 0. The van der Waals surface area contributed by atoms with Crippen LogP contribution in [0.5, 0.6) is 5.75 Å². The molecular formula is C14H11FO3. The minimum absolute atomic E-state index is 0.108. The van der Waals surface area contributed by atoms with Gasteiger partial charge in [-0.1, -0.05) is 18.2 Å². The zero-order valence-corrected chi connectivity index (χ0v) is 9.43. The van der Waals surface area contributed by atoms with Crippen molar-refractivity contribution in [2.45, 2.75) is 6.42 Å². The van der Waals surface area contributed by atoms with Crippen molar-refractivity contribution in [3.8, 4) is 16.9 Å². The molecule has 0 amide bonds. The average Bonchev–Trinajstić information content (AvgIpc) is 2.31. The number of carboxylic acid groups (broad SMARTS) is 1. The van der Waals surface area contributed by atoms with Gasteiger partial charge in [0.2, 0.25) is 0 Å². The van der Waals surface area contributed by atoms with E-state index in [1.165, 1.54) is 24.3 Å². The zero-order valence-electron chi connectivity index (χ0n) is 9.43. The van der Waals surface area contributed by atoms with Crippen LogP contribution in [-0.4, -0.2) is 16.2 Å². The monoisotopic (exact) mass is 246 g/mol. The molecule has 0 unspecified atom stereocenters. The lowest BCUT2D eigenvalue weighted by molar-refractivity contribution is -0.136. The lowest BCUT2D eigenvalue weighted by Crippen LogP contribution is -2.02. The van der Waals surface area contributed by atoms with Gasteiger partial charge in [-0.15, -0.1) is 0 Å². The van der Waals surface area contributed by atoms with Crippen LogP contribution in [0.2, 0.25) is 0 Å². The van der Waals surface area contributed by atoms with E-state index in [0.717, 1.165) is 0 Å². The first kappa shape index (κ1) is 12.1. The second kappa shape index (κ2) is 4.87. The van der Waals surface area contributed by atoms with Gasteiger partial charge in [0.1, 0.15) is 11.6 Å². The van der Waals surface area contributed by atoms with Crippen molar-refractivity contribution in [3.63, 3.8) is 0 Å². The van der Waals surface area contributed by atoms with E-state index < -0.39 is 11.8 Å². The van der Waals surface area contributed by atoms with E-state index in [9.17, 15) is 14.3 Å². The molecule has 2 aromatic carbocycles. The fourth-order valence-corrected chi connectivity index (χ4v) is 1.74. The second-order valence-corrected chi connectivity index (χ2v) is 3.93. The van der Waals surface area contributed by atoms with Crippen LogP contribution >= 0.6 is 0 Å². The van der Waals surface area contributed by atoms with E-state index in [2.05, 4.69) is 0 Å². The molecule has 0 aliphatic heterocycles. The van der Waals surface area contributed by atoms with Gasteiger partial charge >= 0.3 is 5.97 Å². The molecule has 4 heteroatoms. The minimum Gasteiger partial charge on any atom is -0.508 e. The molecule has 0 heterocycles. The number of hydrogen-bond acceptors (Lipinski definition) is 2. The van der Waals surface area contributed by atoms with Crippen LogP contribution < -0.4 is 0 Å². The van der Waals surface area contributed by atoms with Crippen LogP contribution in [-0.2, 0) is 11.2 Å². The Morgan fingerprint density at radius 1 is 1.11 bits per heavy atom. The largest absolute Gasteiger partial charge is 0.508 e. The summed E-state index contributed by atoms with van der Waals surface area (Å²) in [6, 6.07) is 10.8. The highest BCUT2D eigenvalue weighted by molar-refractivity contribution is 5.72. The molecule has 0 aliphatic rings. The molecule has 0 fully saturated rings. The summed E-state index contributed by atoms with van der Waals surface area (Å²) in [5.41, 5.74) is 1.51. The number of phenols is 1. The van der Waals surface area contributed by atoms with E-state index in [4.69, 9.17) is 5.11 Å². The molecule has 0 atom stereocenters. The Balaban J connectivity index is 2.43. The maximum absolute atomic E-state index is 13.4. The van der Waals surface area contributed by atoms with Crippen LogP contribution in [0.3, 0.4) is 0 Å². The summed E-state index contributed by atoms with van der Waals surface area (Å²) < 4.78 is 13.4. The van der Waals surface area contributed by atoms with Crippen molar-refractivity contribution in [1.29, 1.82) is 0 Å². The Bertz CT molecular complexity index is 593. The Morgan fingerprint density at radius 3 is 2.50 bits per heavy atom. The van der Waals surface area contributed by atoms with E-state index in [1.54, 1.807) is 18.2 Å². The quantitative estimate of drug-likeness (QED) is 0.875. The second-order valence-electron chi connectivity index (χ2n) is 3.93. The first-order chi connectivity index (χ1) is 8.56. The third-order valence-electron chi connectivity index (χ3n) is 2.57. The molecule has 18 heavy (non-hydrogen) atoms. The maximum Gasteiger partial charge on any atom is 0.307 e. The van der Waals surface area contributed by atoms with Gasteiger partial charge in [-0.3, -0.25) is 4.79 Å². The van der Waals surface area contributed by atoms with Gasteiger partial charge < -0.3 is 10.2 Å². The molecular weight excluding hydrogens is 235 g/mol. The summed E-state index contributed by atoms with van der Waals surface area (Å²) in [6.07, 6.45) is -0.363. The summed E-state index contributed by atoms with van der Waals surface area (Å²) in [4.78, 5) is 10.6. The Kier molecular flexibility index (Phi) is 3.28. The van der Waals surface area contributed by atoms with Gasteiger partial charge in [0.05, 0.1) is 6.42 Å². The van der Waals surface area contributed by atoms with Gasteiger partial charge in [0.15, 0.2) is 0 Å². The minimum atomic E-state index is -1.08. The molecule has 2 rings (SSSR count). The molecule has 2 N–H and O–H groups in total. The molecule has 92 valence electrons. The number of halogens is 1. The van der Waals surface area contributed by atoms with E-state index in [-0.39, 0.29) is 17.7 Å². The van der Waals surface area contributed by atoms with E-state index >= 15 is 0 Å². The zero-order chi connectivity index (χ0) is 13.1. The highest BCUT2D eigenvalue weighted by atomic mass is 19.1. The Labute approximate surface area is 103 Å². The number of hydrogen-bond donors (Lipinski definition) is 2. The normalized spacial score (nSPS) is 10.3. The average molecular weight is 246 g/mol. The SMILES string of the molecule is O=C(O)Cc1cc(-c2cccc(O)c2)ccc1F. The predicted octanol–water partition coefficient (Wildman–Crippen LogP) is 2.83. The molecule has 0 spiro atoms. The Morgan fingerprint density at radius 2 is 1.83 bits per heavy atom. The van der Waals surface area contributed by atoms with Crippen LogP contribution in [0.25, 0.3) is 11.1 Å². The van der Waals surface area contributed by atoms with Crippen LogP contribution in [0, 0.1) is 5.82 Å². The number of phenolic OH excluding ortho intramolecular Hbond substituents is 1. The fraction of sp³-hybridized carbons (Fsp3) is 0.0714. The molecule has 0 saturated carbocycles. The topological polar surface area (TPSA) is 57.5 Å². The van der Waals surface area contributed by atoms with Crippen LogP contribution in [0.15, 0.2) is 42.5 Å². The first-order valence-corrected chi connectivity index (χ1v) is 5.36. The third-order valence-corrected chi connectivity index (χ3v) is 2.57. The molecule has 0 aliphatic carbocycles. The number of aromatic hydroxyl groups is 1. The summed E-state index contributed by atoms with van der Waals surface area (Å²) in [5, 5.41) is 18.1. The number of aliphatic carboxylic acids is 1. The smallest absolute Gasteiger partial charge is 0.307 e. The van der Waals surface area contributed by atoms with Gasteiger partial charge in [-0.2, -0.15) is 0 Å². The van der Waals surface area contributed by atoms with E-state index in [1.807, 2.05) is 0 Å². The molecule has 0 bridgehead atoms. The molecule has 0 radical (unpaired) electrons. The lowest BCUT2D eigenvalue weighted by Gasteiger charge is -2.06. The summed E-state index contributed by atoms with van der Waals surface area (Å²) in [7, 11) is 0. The number of carboxylic acids is 1. The molecule has 2 aromatic rings. The van der Waals surface area contributed by atoms with Crippen molar-refractivity contribution in [2.75, 3.05) is 0 Å². The number of rotatable bonds is 3. The van der Waals surface area contributed by atoms with Crippen LogP contribution in [0.1, 0.15) is 5.56 Å². The van der Waals surface area contributed by atoms with Crippen molar-refractivity contribution in [1.82, 2.24) is 0 Å². The maximum atomic E-state index is 13.4. The standard InChI is InChI=1S/C14H11FO3/c15-13-5-4-10(6-11(13)8-14(17)18)9-2-1-3-12(16)7-9/h1-7,16H,8H2,(H,17,18). The van der Waals surface area contributed by atoms with Crippen molar-refractivity contribution < 1.29 is 19.4 Å². The van der Waals surface area contributed by atoms with Gasteiger partial charge in [-0.25, -0.2) is 4.39 Å². The van der Waals surface area contributed by atoms with E-state index in [0.29, 0.717) is 11.1 Å². The highest BCUT2D eigenvalue weighted by Crippen LogP contribution is 2.25.